The van der Waals surface area contributed by atoms with Crippen molar-refractivity contribution in [1.29, 1.82) is 0 Å². The van der Waals surface area contributed by atoms with Crippen molar-refractivity contribution in [3.8, 4) is 0 Å². The minimum absolute atomic E-state index is 0.204. The monoisotopic (exact) mass is 336 g/mol. The molecule has 2 aromatic rings. The average molecular weight is 336 g/mol. The van der Waals surface area contributed by atoms with Gasteiger partial charge in [0.25, 0.3) is 0 Å². The van der Waals surface area contributed by atoms with Crippen molar-refractivity contribution in [2.75, 3.05) is 17.2 Å². The van der Waals surface area contributed by atoms with Crippen LogP contribution in [0.4, 0.5) is 11.8 Å². The van der Waals surface area contributed by atoms with E-state index in [0.717, 1.165) is 24.5 Å². The lowest BCUT2D eigenvalue weighted by molar-refractivity contribution is 0.679. The molecule has 0 saturated heterocycles. The van der Waals surface area contributed by atoms with Crippen LogP contribution in [-0.4, -0.2) is 16.5 Å². The maximum absolute atomic E-state index is 4.63. The zero-order valence-electron chi connectivity index (χ0n) is 15.3. The summed E-state index contributed by atoms with van der Waals surface area (Å²) in [5.41, 5.74) is 3.79. The molecule has 1 unspecified atom stereocenters. The third kappa shape index (κ3) is 5.31. The highest BCUT2D eigenvalue weighted by atomic mass is 15.1. The summed E-state index contributed by atoms with van der Waals surface area (Å²) in [5.74, 6) is 1.57. The molecule has 1 aromatic heterocycles. The molecule has 1 aliphatic rings. The summed E-state index contributed by atoms with van der Waals surface area (Å²) in [7, 11) is 0. The molecule has 25 heavy (non-hydrogen) atoms. The Bertz CT molecular complexity index is 709. The Morgan fingerprint density at radius 3 is 2.72 bits per heavy atom. The molecule has 1 heterocycles. The predicted octanol–water partition coefficient (Wildman–Crippen LogP) is 5.26. The van der Waals surface area contributed by atoms with Gasteiger partial charge in [0.15, 0.2) is 0 Å². The van der Waals surface area contributed by atoms with Crippen molar-refractivity contribution in [1.82, 2.24) is 9.97 Å². The highest BCUT2D eigenvalue weighted by Crippen LogP contribution is 2.21. The Labute approximate surface area is 150 Å². The molecular weight excluding hydrogens is 308 g/mol. The van der Waals surface area contributed by atoms with E-state index in [1.807, 2.05) is 19.1 Å². The van der Waals surface area contributed by atoms with E-state index in [1.54, 1.807) is 5.57 Å². The second-order valence-corrected chi connectivity index (χ2v) is 6.78. The quantitative estimate of drug-likeness (QED) is 0.677. The molecule has 2 N–H and O–H groups in total. The van der Waals surface area contributed by atoms with E-state index < -0.39 is 0 Å². The second kappa shape index (κ2) is 8.65. The SMILES string of the molecule is Cc1cc(NC(C)c2ccccc2)nc(NCCC2=CCCCC2)n1. The summed E-state index contributed by atoms with van der Waals surface area (Å²) in [6.07, 6.45) is 8.64. The first-order valence-electron chi connectivity index (χ1n) is 9.29. The third-order valence-corrected chi connectivity index (χ3v) is 4.63. The lowest BCUT2D eigenvalue weighted by Crippen LogP contribution is -2.12. The van der Waals surface area contributed by atoms with Gasteiger partial charge in [0.05, 0.1) is 0 Å². The Morgan fingerprint density at radius 2 is 1.96 bits per heavy atom. The summed E-state index contributed by atoms with van der Waals surface area (Å²) in [4.78, 5) is 9.14. The van der Waals surface area contributed by atoms with Gasteiger partial charge in [-0.2, -0.15) is 4.98 Å². The lowest BCUT2D eigenvalue weighted by atomic mass is 9.97. The van der Waals surface area contributed by atoms with Crippen LogP contribution in [0.1, 0.15) is 56.3 Å². The molecule has 0 aliphatic heterocycles. The van der Waals surface area contributed by atoms with Gasteiger partial charge in [-0.05, 0) is 51.5 Å². The normalized spacial score (nSPS) is 15.4. The molecule has 1 aromatic carbocycles. The first-order chi connectivity index (χ1) is 12.2. The van der Waals surface area contributed by atoms with E-state index in [1.165, 1.54) is 31.2 Å². The molecule has 4 heteroatoms. The molecule has 1 aliphatic carbocycles. The Morgan fingerprint density at radius 1 is 1.12 bits per heavy atom. The van der Waals surface area contributed by atoms with Crippen LogP contribution in [0.5, 0.6) is 0 Å². The highest BCUT2D eigenvalue weighted by molar-refractivity contribution is 5.44. The van der Waals surface area contributed by atoms with Crippen LogP contribution in [-0.2, 0) is 0 Å². The number of allylic oxidation sites excluding steroid dienone is 1. The zero-order valence-corrected chi connectivity index (χ0v) is 15.3. The maximum Gasteiger partial charge on any atom is 0.224 e. The van der Waals surface area contributed by atoms with E-state index in [2.05, 4.69) is 57.9 Å². The zero-order chi connectivity index (χ0) is 17.5. The molecule has 0 spiro atoms. The number of hydrogen-bond acceptors (Lipinski definition) is 4. The number of rotatable bonds is 7. The average Bonchev–Trinajstić information content (AvgIpc) is 2.63. The van der Waals surface area contributed by atoms with Gasteiger partial charge < -0.3 is 10.6 Å². The second-order valence-electron chi connectivity index (χ2n) is 6.78. The summed E-state index contributed by atoms with van der Waals surface area (Å²) in [5, 5.41) is 6.86. The molecular formula is C21H28N4. The topological polar surface area (TPSA) is 49.8 Å². The van der Waals surface area contributed by atoms with Crippen LogP contribution in [0.15, 0.2) is 48.0 Å². The molecule has 0 fully saturated rings. The van der Waals surface area contributed by atoms with Gasteiger partial charge in [0.2, 0.25) is 5.95 Å². The van der Waals surface area contributed by atoms with E-state index >= 15 is 0 Å². The summed E-state index contributed by atoms with van der Waals surface area (Å²) in [6.45, 7) is 5.05. The number of hydrogen-bond donors (Lipinski definition) is 2. The summed E-state index contributed by atoms with van der Waals surface area (Å²) < 4.78 is 0. The van der Waals surface area contributed by atoms with Gasteiger partial charge in [-0.25, -0.2) is 4.98 Å². The molecule has 0 amide bonds. The van der Waals surface area contributed by atoms with Gasteiger partial charge in [-0.15, -0.1) is 0 Å². The minimum Gasteiger partial charge on any atom is -0.363 e. The lowest BCUT2D eigenvalue weighted by Gasteiger charge is -2.16. The van der Waals surface area contributed by atoms with Crippen molar-refractivity contribution in [2.24, 2.45) is 0 Å². The largest absolute Gasteiger partial charge is 0.363 e. The number of benzene rings is 1. The summed E-state index contributed by atoms with van der Waals surface area (Å²) >= 11 is 0. The Kier molecular flexibility index (Phi) is 6.04. The van der Waals surface area contributed by atoms with Crippen LogP contribution in [0.3, 0.4) is 0 Å². The standard InChI is InChI=1S/C21H28N4/c1-16-15-20(24-17(2)19-11-7-4-8-12-19)25-21(23-16)22-14-13-18-9-5-3-6-10-18/h4,7-9,11-12,15,17H,3,5-6,10,13-14H2,1-2H3,(H2,22,23,24,25). The minimum atomic E-state index is 0.204. The Hall–Kier alpha value is -2.36. The van der Waals surface area contributed by atoms with Gasteiger partial charge in [0, 0.05) is 24.3 Å². The summed E-state index contributed by atoms with van der Waals surface area (Å²) in [6, 6.07) is 12.6. The smallest absolute Gasteiger partial charge is 0.224 e. The molecule has 3 rings (SSSR count). The van der Waals surface area contributed by atoms with Gasteiger partial charge in [-0.3, -0.25) is 0 Å². The first-order valence-corrected chi connectivity index (χ1v) is 9.29. The van der Waals surface area contributed by atoms with E-state index in [4.69, 9.17) is 0 Å². The van der Waals surface area contributed by atoms with Crippen molar-refractivity contribution in [3.05, 3.63) is 59.3 Å². The van der Waals surface area contributed by atoms with Gasteiger partial charge >= 0.3 is 0 Å². The number of anilines is 2. The fraction of sp³-hybridized carbons (Fsp3) is 0.429. The van der Waals surface area contributed by atoms with Crippen molar-refractivity contribution < 1.29 is 0 Å². The number of nitrogens with zero attached hydrogens (tertiary/aromatic N) is 2. The van der Waals surface area contributed by atoms with Gasteiger partial charge in [-0.1, -0.05) is 42.0 Å². The molecule has 0 bridgehead atoms. The van der Waals surface area contributed by atoms with E-state index in [-0.39, 0.29) is 6.04 Å². The van der Waals surface area contributed by atoms with E-state index in [9.17, 15) is 0 Å². The van der Waals surface area contributed by atoms with Crippen molar-refractivity contribution in [3.63, 3.8) is 0 Å². The molecule has 0 saturated carbocycles. The van der Waals surface area contributed by atoms with E-state index in [0.29, 0.717) is 5.95 Å². The highest BCUT2D eigenvalue weighted by Gasteiger charge is 2.08. The number of nitrogens with one attached hydrogen (secondary N) is 2. The van der Waals surface area contributed by atoms with Crippen LogP contribution >= 0.6 is 0 Å². The molecule has 132 valence electrons. The van der Waals surface area contributed by atoms with Gasteiger partial charge in [0.1, 0.15) is 5.82 Å². The van der Waals surface area contributed by atoms with Crippen LogP contribution in [0.25, 0.3) is 0 Å². The number of aromatic nitrogens is 2. The van der Waals surface area contributed by atoms with Crippen LogP contribution in [0.2, 0.25) is 0 Å². The predicted molar refractivity (Wildman–Crippen MR) is 105 cm³/mol. The fourth-order valence-electron chi connectivity index (χ4n) is 3.23. The van der Waals surface area contributed by atoms with Crippen molar-refractivity contribution in [2.45, 2.75) is 52.0 Å². The van der Waals surface area contributed by atoms with Crippen LogP contribution in [0, 0.1) is 6.92 Å². The number of aryl methyl sites for hydroxylation is 1. The fourth-order valence-corrected chi connectivity index (χ4v) is 3.23. The first kappa shape index (κ1) is 17.5. The molecule has 1 atom stereocenters. The third-order valence-electron chi connectivity index (χ3n) is 4.63. The maximum atomic E-state index is 4.63. The molecule has 0 radical (unpaired) electrons. The molecule has 4 nitrogen and oxygen atoms in total. The van der Waals surface area contributed by atoms with Crippen LogP contribution < -0.4 is 10.6 Å². The van der Waals surface area contributed by atoms with Crippen molar-refractivity contribution >= 4 is 11.8 Å². The Balaban J connectivity index is 1.59.